The van der Waals surface area contributed by atoms with Crippen molar-refractivity contribution >= 4 is 26.3 Å². The van der Waals surface area contributed by atoms with E-state index in [2.05, 4.69) is 37.3 Å². The van der Waals surface area contributed by atoms with Crippen LogP contribution >= 0.6 is 0 Å². The van der Waals surface area contributed by atoms with E-state index in [0.29, 0.717) is 0 Å². The molecule has 1 aromatic rings. The largest absolute Gasteiger partial charge is 0.465 e. The van der Waals surface area contributed by atoms with Crippen molar-refractivity contribution in [1.29, 1.82) is 0 Å². The quantitative estimate of drug-likeness (QED) is 0.634. The van der Waals surface area contributed by atoms with Crippen molar-refractivity contribution in [3.8, 4) is 0 Å². The van der Waals surface area contributed by atoms with Gasteiger partial charge in [0.25, 0.3) is 0 Å². The molecule has 0 aliphatic heterocycles. The minimum atomic E-state index is -0.375. The third kappa shape index (κ3) is 3.17. The summed E-state index contributed by atoms with van der Waals surface area (Å²) in [5, 5.41) is 1.41. The second-order valence-electron chi connectivity index (χ2n) is 2.83. The van der Waals surface area contributed by atoms with E-state index in [4.69, 9.17) is 4.12 Å². The van der Waals surface area contributed by atoms with Crippen LogP contribution in [0.25, 0.3) is 6.08 Å². The Hall–Kier alpha value is -0.646. The summed E-state index contributed by atoms with van der Waals surface area (Å²) in [6, 6.07) is 10.4. The summed E-state index contributed by atoms with van der Waals surface area (Å²) in [7, 11) is 0.500. The molecule has 0 aromatic heterocycles. The second-order valence-corrected chi connectivity index (χ2v) is 6.55. The summed E-state index contributed by atoms with van der Waals surface area (Å²) in [6.45, 7) is 2.15. The van der Waals surface area contributed by atoms with Crippen molar-refractivity contribution in [2.45, 2.75) is 6.92 Å². The van der Waals surface area contributed by atoms with Gasteiger partial charge in [-0.2, -0.15) is 0 Å². The minimum absolute atomic E-state index is 0.375. The zero-order valence-corrected chi connectivity index (χ0v) is 11.0. The summed E-state index contributed by atoms with van der Waals surface area (Å²) in [5.74, 6) is 0. The number of rotatable bonds is 3. The lowest BCUT2D eigenvalue weighted by Crippen LogP contribution is -1.95. The highest BCUT2D eigenvalue weighted by Gasteiger charge is 1.89. The number of hydrogen-bond acceptors (Lipinski definition) is 1. The summed E-state index contributed by atoms with van der Waals surface area (Å²) < 4.78 is 5.29. The van der Waals surface area contributed by atoms with Gasteiger partial charge in [0.2, 0.25) is 0 Å². The van der Waals surface area contributed by atoms with Crippen LogP contribution in [-0.4, -0.2) is 20.2 Å². The summed E-state index contributed by atoms with van der Waals surface area (Å²) in [4.78, 5) is 0. The van der Waals surface area contributed by atoms with E-state index in [9.17, 15) is 0 Å². The average Bonchev–Trinajstić information content (AvgIpc) is 2.06. The van der Waals surface area contributed by atoms with Crippen LogP contribution in [0.3, 0.4) is 0 Å². The smallest absolute Gasteiger partial charge is 0.173 e. The molecule has 1 aromatic carbocycles. The molecule has 3 heteroatoms. The fraction of sp³-hybridized carbons (Fsp3) is 0.111. The molecule has 0 unspecified atom stereocenters. The predicted molar refractivity (Wildman–Crippen MR) is 59.7 cm³/mol. The van der Waals surface area contributed by atoms with Gasteiger partial charge in [-0.1, -0.05) is 41.6 Å². The van der Waals surface area contributed by atoms with Crippen LogP contribution in [0.4, 0.5) is 0 Å². The topological polar surface area (TPSA) is 9.23 Å². The highest BCUT2D eigenvalue weighted by atomic mass is 28.3. The molecule has 0 aliphatic rings. The maximum absolute atomic E-state index is 5.29. The zero-order chi connectivity index (χ0) is 8.81. The lowest BCUT2D eigenvalue weighted by molar-refractivity contribution is 0.672. The minimum Gasteiger partial charge on any atom is -0.465 e. The van der Waals surface area contributed by atoms with Gasteiger partial charge in [0.15, 0.2) is 9.76 Å². The van der Waals surface area contributed by atoms with Crippen molar-refractivity contribution in [3.05, 3.63) is 41.1 Å². The fourth-order valence-electron chi connectivity index (χ4n) is 1.10. The van der Waals surface area contributed by atoms with Crippen molar-refractivity contribution < 1.29 is 4.12 Å². The lowest BCUT2D eigenvalue weighted by atomic mass is 10.2. The molecule has 0 heterocycles. The number of allylic oxidation sites excluding steroid dienone is 1. The third-order valence-electron chi connectivity index (χ3n) is 1.58. The van der Waals surface area contributed by atoms with Gasteiger partial charge >= 0.3 is 0 Å². The van der Waals surface area contributed by atoms with Gasteiger partial charge in [-0.3, -0.25) is 0 Å². The molecule has 64 valence electrons. The fourth-order valence-corrected chi connectivity index (χ4v) is 3.24. The first-order valence-corrected chi connectivity index (χ1v) is 6.14. The van der Waals surface area contributed by atoms with Crippen LogP contribution in [0.5, 0.6) is 0 Å². The second kappa shape index (κ2) is 5.08. The van der Waals surface area contributed by atoms with Crippen LogP contribution < -0.4 is 0 Å². The van der Waals surface area contributed by atoms with E-state index in [1.807, 2.05) is 6.07 Å². The molecule has 0 N–H and O–H groups in total. The van der Waals surface area contributed by atoms with E-state index in [0.717, 1.165) is 10.5 Å². The van der Waals surface area contributed by atoms with E-state index in [1.54, 1.807) is 0 Å². The van der Waals surface area contributed by atoms with Crippen LogP contribution in [-0.2, 0) is 4.12 Å². The SMILES string of the molecule is CC(=Cc1ccccc1)[SiH2]O[SiH3]. The van der Waals surface area contributed by atoms with Gasteiger partial charge in [0, 0.05) is 0 Å². The van der Waals surface area contributed by atoms with Gasteiger partial charge in [0.1, 0.15) is 10.5 Å². The monoisotopic (exact) mass is 194 g/mol. The van der Waals surface area contributed by atoms with Gasteiger partial charge in [-0.05, 0) is 12.5 Å². The Kier molecular flexibility index (Phi) is 4.00. The van der Waals surface area contributed by atoms with Gasteiger partial charge in [0.05, 0.1) is 0 Å². The van der Waals surface area contributed by atoms with Gasteiger partial charge < -0.3 is 4.12 Å². The highest BCUT2D eigenvalue weighted by molar-refractivity contribution is 6.44. The highest BCUT2D eigenvalue weighted by Crippen LogP contribution is 2.04. The maximum Gasteiger partial charge on any atom is 0.173 e. The third-order valence-corrected chi connectivity index (χ3v) is 3.40. The molecule has 0 aliphatic carbocycles. The van der Waals surface area contributed by atoms with E-state index >= 15 is 0 Å². The Morgan fingerprint density at radius 2 is 2.08 bits per heavy atom. The molecule has 0 fully saturated rings. The first-order chi connectivity index (χ1) is 5.83. The first-order valence-electron chi connectivity index (χ1n) is 4.04. The van der Waals surface area contributed by atoms with E-state index < -0.39 is 0 Å². The average molecular weight is 194 g/mol. The van der Waals surface area contributed by atoms with Crippen LogP contribution in [0.1, 0.15) is 12.5 Å². The predicted octanol–water partition coefficient (Wildman–Crippen LogP) is 0.428. The van der Waals surface area contributed by atoms with Crippen molar-refractivity contribution in [2.24, 2.45) is 0 Å². The first kappa shape index (κ1) is 9.44. The van der Waals surface area contributed by atoms with E-state index in [-0.39, 0.29) is 9.76 Å². The Balaban J connectivity index is 2.67. The molecule has 12 heavy (non-hydrogen) atoms. The molecule has 0 radical (unpaired) electrons. The molecular weight excluding hydrogens is 180 g/mol. The van der Waals surface area contributed by atoms with E-state index in [1.165, 1.54) is 10.8 Å². The number of hydrogen-bond donors (Lipinski definition) is 0. The molecule has 0 spiro atoms. The molecule has 1 rings (SSSR count). The number of benzene rings is 1. The Morgan fingerprint density at radius 1 is 1.42 bits per heavy atom. The molecule has 0 saturated carbocycles. The molecule has 0 saturated heterocycles. The zero-order valence-electron chi connectivity index (χ0n) is 7.58. The van der Waals surface area contributed by atoms with Crippen LogP contribution in [0.2, 0.25) is 0 Å². The summed E-state index contributed by atoms with van der Waals surface area (Å²) >= 11 is 0. The summed E-state index contributed by atoms with van der Waals surface area (Å²) in [5.41, 5.74) is 1.28. The molecular formula is C9H14OSi2. The molecule has 1 nitrogen and oxygen atoms in total. The maximum atomic E-state index is 5.29. The Labute approximate surface area is 78.9 Å². The van der Waals surface area contributed by atoms with Crippen LogP contribution in [0.15, 0.2) is 35.5 Å². The van der Waals surface area contributed by atoms with Crippen molar-refractivity contribution in [2.75, 3.05) is 0 Å². The molecule has 0 bridgehead atoms. The normalized spacial score (nSPS) is 12.9. The Bertz CT molecular complexity index is 256. The lowest BCUT2D eigenvalue weighted by Gasteiger charge is -1.98. The van der Waals surface area contributed by atoms with Crippen molar-refractivity contribution in [1.82, 2.24) is 0 Å². The molecule has 0 amide bonds. The Morgan fingerprint density at radius 3 is 2.67 bits per heavy atom. The van der Waals surface area contributed by atoms with Crippen molar-refractivity contribution in [3.63, 3.8) is 0 Å². The summed E-state index contributed by atoms with van der Waals surface area (Å²) in [6.07, 6.45) is 2.21. The van der Waals surface area contributed by atoms with Crippen LogP contribution in [0, 0.1) is 0 Å². The van der Waals surface area contributed by atoms with Gasteiger partial charge in [-0.15, -0.1) is 0 Å². The van der Waals surface area contributed by atoms with Gasteiger partial charge in [-0.25, -0.2) is 0 Å². The molecule has 0 atom stereocenters. The standard InChI is InChI=1S/C9H14OSi2/c1-8(12-10-11)7-9-5-3-2-4-6-9/h2-7H,12H2,1,11H3.